The summed E-state index contributed by atoms with van der Waals surface area (Å²) in [6.45, 7) is 12.5. The molecule has 117 valence electrons. The number of nitrogens with zero attached hydrogens (tertiary/aromatic N) is 1. The van der Waals surface area contributed by atoms with Crippen molar-refractivity contribution in [2.75, 3.05) is 0 Å². The highest BCUT2D eigenvalue weighted by molar-refractivity contribution is 6.71. The zero-order valence-corrected chi connectivity index (χ0v) is 15.9. The van der Waals surface area contributed by atoms with Crippen LogP contribution in [0.1, 0.15) is 34.6 Å². The molecule has 0 bridgehead atoms. The Labute approximate surface area is 140 Å². The van der Waals surface area contributed by atoms with Gasteiger partial charge in [-0.2, -0.15) is 0 Å². The van der Waals surface area contributed by atoms with Crippen molar-refractivity contribution in [1.82, 2.24) is 0 Å². The van der Waals surface area contributed by atoms with E-state index in [2.05, 4.69) is 56.0 Å². The highest BCUT2D eigenvalue weighted by Gasteiger charge is 2.22. The molecule has 22 heavy (non-hydrogen) atoms. The second kappa shape index (κ2) is 6.37. The minimum atomic E-state index is -1.38. The lowest BCUT2D eigenvalue weighted by molar-refractivity contribution is -0.659. The van der Waals surface area contributed by atoms with Crippen molar-refractivity contribution in [2.45, 2.75) is 47.2 Å². The van der Waals surface area contributed by atoms with E-state index in [-0.39, 0.29) is 0 Å². The Morgan fingerprint density at radius 2 is 1.82 bits per heavy atom. The van der Waals surface area contributed by atoms with E-state index in [1.807, 2.05) is 32.9 Å². The molecule has 0 aliphatic carbocycles. The molecule has 2 heteroatoms. The van der Waals surface area contributed by atoms with E-state index in [1.165, 1.54) is 16.3 Å². The zero-order valence-electron chi connectivity index (χ0n) is 16.9. The van der Waals surface area contributed by atoms with Gasteiger partial charge in [0.1, 0.15) is 7.05 Å². The monoisotopic (exact) mass is 313 g/mol. The molecule has 1 radical (unpaired) electrons. The molecule has 0 aliphatic rings. The smallest absolute Gasteiger partial charge is 0.201 e. The molecule has 0 saturated heterocycles. The molecule has 2 rings (SSSR count). The summed E-state index contributed by atoms with van der Waals surface area (Å²) in [5.74, 6) is 0. The van der Waals surface area contributed by atoms with Crippen molar-refractivity contribution in [3.63, 3.8) is 0 Å². The summed E-state index contributed by atoms with van der Waals surface area (Å²) in [6, 6.07) is 10.4. The third-order valence-electron chi connectivity index (χ3n) is 3.74. The highest BCUT2D eigenvalue weighted by Crippen LogP contribution is 2.24. The van der Waals surface area contributed by atoms with Crippen molar-refractivity contribution in [1.29, 1.82) is 0 Å². The van der Waals surface area contributed by atoms with Gasteiger partial charge in [0.2, 0.25) is 5.69 Å². The lowest BCUT2D eigenvalue weighted by atomic mass is 9.87. The summed E-state index contributed by atoms with van der Waals surface area (Å²) in [6.07, 6.45) is 0.769. The van der Waals surface area contributed by atoms with E-state index in [4.69, 9.17) is 2.74 Å². The number of aryl methyl sites for hydroxylation is 2. The molecule has 1 aromatic heterocycles. The van der Waals surface area contributed by atoms with Crippen LogP contribution < -0.4 is 9.75 Å². The Morgan fingerprint density at radius 3 is 2.36 bits per heavy atom. The fraction of sp³-hybridized carbons (Fsp3) is 0.450. The first-order valence-corrected chi connectivity index (χ1v) is 10.4. The molecule has 0 saturated carbocycles. The molecule has 0 unspecified atom stereocenters. The quantitative estimate of drug-likeness (QED) is 0.595. The first-order valence-electron chi connectivity index (χ1n) is 8.87. The van der Waals surface area contributed by atoms with Crippen molar-refractivity contribution < 1.29 is 7.31 Å². The van der Waals surface area contributed by atoms with Crippen LogP contribution in [0, 0.1) is 12.3 Å². The number of pyridine rings is 1. The van der Waals surface area contributed by atoms with Crippen LogP contribution in [-0.2, 0) is 13.4 Å². The van der Waals surface area contributed by atoms with Gasteiger partial charge in [-0.1, -0.05) is 52.1 Å². The van der Waals surface area contributed by atoms with E-state index >= 15 is 0 Å². The Bertz CT molecular complexity index is 746. The average molecular weight is 314 g/mol. The Hall–Kier alpha value is -1.41. The number of rotatable bonds is 3. The third-order valence-corrected chi connectivity index (χ3v) is 5.22. The van der Waals surface area contributed by atoms with Crippen molar-refractivity contribution in [2.24, 2.45) is 12.5 Å². The first-order chi connectivity index (χ1) is 11.0. The van der Waals surface area contributed by atoms with E-state index in [0.717, 1.165) is 11.3 Å². The van der Waals surface area contributed by atoms with Crippen LogP contribution in [0.2, 0.25) is 13.1 Å². The fourth-order valence-corrected chi connectivity index (χ4v) is 3.81. The molecule has 2 aromatic rings. The van der Waals surface area contributed by atoms with Crippen molar-refractivity contribution in [3.05, 3.63) is 47.7 Å². The second-order valence-corrected chi connectivity index (χ2v) is 9.83. The Balaban J connectivity index is 2.79. The predicted molar refractivity (Wildman–Crippen MR) is 98.1 cm³/mol. The van der Waals surface area contributed by atoms with Crippen LogP contribution in [0.15, 0.2) is 36.5 Å². The predicted octanol–water partition coefficient (Wildman–Crippen LogP) is 4.04. The molecular weight excluding hydrogens is 282 g/mol. The Morgan fingerprint density at radius 1 is 1.18 bits per heavy atom. The molecule has 0 aliphatic heterocycles. The standard InChI is InChI=1S/C20H29NSi/c1-15-10-8-9-11-17(15)18-12-16(13-20(2,3)4)19(22(6)7)14-21(18)5/h8-12,14H,13H2,1-7H3/q+1/i13D2. The van der Waals surface area contributed by atoms with Crippen LogP contribution in [-0.4, -0.2) is 8.80 Å². The maximum atomic E-state index is 8.81. The lowest BCUT2D eigenvalue weighted by Crippen LogP contribution is -2.41. The molecule has 0 fully saturated rings. The van der Waals surface area contributed by atoms with Crippen LogP contribution in [0.4, 0.5) is 0 Å². The van der Waals surface area contributed by atoms with Crippen LogP contribution in [0.5, 0.6) is 0 Å². The summed E-state index contributed by atoms with van der Waals surface area (Å²) >= 11 is 0. The average Bonchev–Trinajstić information content (AvgIpc) is 2.46. The number of aromatic nitrogens is 1. The van der Waals surface area contributed by atoms with Crippen molar-refractivity contribution >= 4 is 14.0 Å². The summed E-state index contributed by atoms with van der Waals surface area (Å²) in [5.41, 5.74) is 3.84. The Kier molecular flexibility index (Phi) is 4.11. The lowest BCUT2D eigenvalue weighted by Gasteiger charge is -2.21. The van der Waals surface area contributed by atoms with Gasteiger partial charge in [0.05, 0.1) is 8.80 Å². The summed E-state index contributed by atoms with van der Waals surface area (Å²) in [4.78, 5) is 0. The maximum Gasteiger partial charge on any atom is 0.212 e. The third kappa shape index (κ3) is 3.86. The first kappa shape index (κ1) is 14.2. The van der Waals surface area contributed by atoms with E-state index in [0.29, 0.717) is 0 Å². The van der Waals surface area contributed by atoms with Gasteiger partial charge in [-0.05, 0) is 35.9 Å². The van der Waals surface area contributed by atoms with Gasteiger partial charge in [0, 0.05) is 19.6 Å². The maximum absolute atomic E-state index is 8.81. The zero-order chi connectivity index (χ0) is 18.3. The van der Waals surface area contributed by atoms with Gasteiger partial charge in [-0.3, -0.25) is 0 Å². The van der Waals surface area contributed by atoms with Gasteiger partial charge in [-0.25, -0.2) is 4.57 Å². The molecule has 0 atom stereocenters. The SMILES string of the molecule is [2H]C([2H])(c1cc(-c2ccccc2C)[n+](C)cc1[Si](C)C)C(C)(C)C. The molecule has 0 amide bonds. The van der Waals surface area contributed by atoms with Gasteiger partial charge < -0.3 is 0 Å². The molecular formula is C20H29NSi+. The van der Waals surface area contributed by atoms with Crippen molar-refractivity contribution in [3.8, 4) is 11.3 Å². The highest BCUT2D eigenvalue weighted by atomic mass is 28.3. The molecule has 1 nitrogen and oxygen atoms in total. The number of hydrogen-bond acceptors (Lipinski definition) is 0. The topological polar surface area (TPSA) is 3.88 Å². The minimum absolute atomic E-state index is 0.456. The van der Waals surface area contributed by atoms with E-state index in [9.17, 15) is 0 Å². The van der Waals surface area contributed by atoms with E-state index < -0.39 is 20.6 Å². The molecule has 1 heterocycles. The normalized spacial score (nSPS) is 14.0. The second-order valence-electron chi connectivity index (χ2n) is 7.29. The summed E-state index contributed by atoms with van der Waals surface area (Å²) < 4.78 is 19.8. The summed E-state index contributed by atoms with van der Waals surface area (Å²) in [5, 5.41) is 1.18. The number of hydrogen-bond donors (Lipinski definition) is 0. The molecule has 0 N–H and O–H groups in total. The fourth-order valence-electron chi connectivity index (χ4n) is 2.68. The van der Waals surface area contributed by atoms with Crippen LogP contribution in [0.25, 0.3) is 11.3 Å². The van der Waals surface area contributed by atoms with Crippen LogP contribution in [0.3, 0.4) is 0 Å². The van der Waals surface area contributed by atoms with Gasteiger partial charge in [-0.15, -0.1) is 0 Å². The molecule has 1 aromatic carbocycles. The summed E-state index contributed by atoms with van der Waals surface area (Å²) in [7, 11) is 1.29. The van der Waals surface area contributed by atoms with Gasteiger partial charge in [0.15, 0.2) is 6.20 Å². The van der Waals surface area contributed by atoms with Gasteiger partial charge >= 0.3 is 0 Å². The minimum Gasteiger partial charge on any atom is -0.201 e. The van der Waals surface area contributed by atoms with Crippen LogP contribution >= 0.6 is 0 Å². The molecule has 0 spiro atoms. The van der Waals surface area contributed by atoms with E-state index in [1.54, 1.807) is 0 Å². The van der Waals surface area contributed by atoms with Gasteiger partial charge in [0.25, 0.3) is 0 Å². The number of benzene rings is 1. The largest absolute Gasteiger partial charge is 0.212 e.